The first-order valence-electron chi connectivity index (χ1n) is 6.51. The summed E-state index contributed by atoms with van der Waals surface area (Å²) in [4.78, 5) is 14.0. The molecule has 1 fully saturated rings. The number of ether oxygens (including phenoxy) is 1. The van der Waals surface area contributed by atoms with Crippen molar-refractivity contribution in [1.82, 2.24) is 4.90 Å². The number of ketones is 1. The normalized spacial score (nSPS) is 16.1. The molecular formula is C15H19Cl2NO2. The van der Waals surface area contributed by atoms with Crippen molar-refractivity contribution in [2.24, 2.45) is 0 Å². The van der Waals surface area contributed by atoms with Gasteiger partial charge in [-0.1, -0.05) is 29.8 Å². The standard InChI is InChI=1S/C15H18ClNO2.ClH/c16-15-4-2-1-3-13(15)5-6-14(18)7-8-17-9-11-19-12-10-17;/h1-6H,7-12H2;1H/b6-5+;. The number of rotatable bonds is 5. The Balaban J connectivity index is 0.00000200. The number of hydrogen-bond donors (Lipinski definition) is 0. The predicted molar refractivity (Wildman–Crippen MR) is 84.6 cm³/mol. The van der Waals surface area contributed by atoms with Gasteiger partial charge in [-0.25, -0.2) is 0 Å². The number of nitrogens with zero attached hydrogens (tertiary/aromatic N) is 1. The topological polar surface area (TPSA) is 29.5 Å². The lowest BCUT2D eigenvalue weighted by atomic mass is 10.1. The average molecular weight is 316 g/mol. The molecule has 0 atom stereocenters. The number of halogens is 2. The van der Waals surface area contributed by atoms with Gasteiger partial charge in [0.2, 0.25) is 0 Å². The van der Waals surface area contributed by atoms with E-state index in [1.807, 2.05) is 24.3 Å². The zero-order valence-electron chi connectivity index (χ0n) is 11.3. The molecular weight excluding hydrogens is 297 g/mol. The van der Waals surface area contributed by atoms with E-state index in [1.165, 1.54) is 0 Å². The third kappa shape index (κ3) is 5.63. The molecule has 1 aromatic rings. The molecule has 0 aromatic heterocycles. The monoisotopic (exact) mass is 315 g/mol. The van der Waals surface area contributed by atoms with Gasteiger partial charge in [-0.15, -0.1) is 12.4 Å². The van der Waals surface area contributed by atoms with Crippen LogP contribution in [0.4, 0.5) is 0 Å². The highest BCUT2D eigenvalue weighted by molar-refractivity contribution is 6.32. The Morgan fingerprint density at radius 1 is 1.30 bits per heavy atom. The molecule has 1 heterocycles. The number of morpholine rings is 1. The summed E-state index contributed by atoms with van der Waals surface area (Å²) in [6, 6.07) is 7.50. The first-order valence-corrected chi connectivity index (χ1v) is 6.89. The van der Waals surface area contributed by atoms with Crippen LogP contribution in [0.3, 0.4) is 0 Å². The van der Waals surface area contributed by atoms with E-state index < -0.39 is 0 Å². The lowest BCUT2D eigenvalue weighted by molar-refractivity contribution is -0.115. The van der Waals surface area contributed by atoms with Crippen LogP contribution in [-0.2, 0) is 9.53 Å². The average Bonchev–Trinajstić information content (AvgIpc) is 2.45. The van der Waals surface area contributed by atoms with E-state index >= 15 is 0 Å². The van der Waals surface area contributed by atoms with Crippen molar-refractivity contribution in [3.05, 3.63) is 40.9 Å². The summed E-state index contributed by atoms with van der Waals surface area (Å²) >= 11 is 6.02. The SMILES string of the molecule is Cl.O=C(/C=C/c1ccccc1Cl)CCN1CCOCC1. The molecule has 0 radical (unpaired) electrons. The van der Waals surface area contributed by atoms with Gasteiger partial charge in [-0.05, 0) is 23.8 Å². The molecule has 0 unspecified atom stereocenters. The first-order chi connectivity index (χ1) is 9.25. The van der Waals surface area contributed by atoms with Gasteiger partial charge in [0.05, 0.1) is 13.2 Å². The predicted octanol–water partition coefficient (Wildman–Crippen LogP) is 3.07. The number of allylic oxidation sites excluding steroid dienone is 1. The number of hydrogen-bond acceptors (Lipinski definition) is 3. The Hall–Kier alpha value is -0.870. The van der Waals surface area contributed by atoms with Crippen molar-refractivity contribution in [1.29, 1.82) is 0 Å². The molecule has 1 aromatic carbocycles. The van der Waals surface area contributed by atoms with Crippen LogP contribution in [0, 0.1) is 0 Å². The van der Waals surface area contributed by atoms with Gasteiger partial charge in [-0.2, -0.15) is 0 Å². The van der Waals surface area contributed by atoms with Crippen LogP contribution in [-0.4, -0.2) is 43.5 Å². The minimum Gasteiger partial charge on any atom is -0.379 e. The molecule has 0 amide bonds. The van der Waals surface area contributed by atoms with E-state index in [4.69, 9.17) is 16.3 Å². The van der Waals surface area contributed by atoms with Crippen molar-refractivity contribution < 1.29 is 9.53 Å². The minimum absolute atomic E-state index is 0. The Bertz CT molecular complexity index is 457. The minimum atomic E-state index is 0. The molecule has 0 spiro atoms. The smallest absolute Gasteiger partial charge is 0.156 e. The van der Waals surface area contributed by atoms with Gasteiger partial charge < -0.3 is 4.74 Å². The fraction of sp³-hybridized carbons (Fsp3) is 0.400. The summed E-state index contributed by atoms with van der Waals surface area (Å²) in [5.74, 6) is 0.131. The van der Waals surface area contributed by atoms with E-state index in [9.17, 15) is 4.79 Å². The molecule has 3 nitrogen and oxygen atoms in total. The van der Waals surface area contributed by atoms with Crippen molar-refractivity contribution in [3.8, 4) is 0 Å². The van der Waals surface area contributed by atoms with Crippen molar-refractivity contribution in [2.45, 2.75) is 6.42 Å². The van der Waals surface area contributed by atoms with Gasteiger partial charge in [0.1, 0.15) is 0 Å². The van der Waals surface area contributed by atoms with Crippen LogP contribution in [0.1, 0.15) is 12.0 Å². The number of carbonyl (C=O) groups is 1. The second-order valence-corrected chi connectivity index (χ2v) is 4.93. The largest absolute Gasteiger partial charge is 0.379 e. The number of benzene rings is 1. The third-order valence-electron chi connectivity index (χ3n) is 3.13. The van der Waals surface area contributed by atoms with Gasteiger partial charge >= 0.3 is 0 Å². The fourth-order valence-corrected chi connectivity index (χ4v) is 2.17. The van der Waals surface area contributed by atoms with Crippen molar-refractivity contribution in [2.75, 3.05) is 32.8 Å². The molecule has 2 rings (SSSR count). The van der Waals surface area contributed by atoms with Crippen LogP contribution in [0.25, 0.3) is 6.08 Å². The lowest BCUT2D eigenvalue weighted by Crippen LogP contribution is -2.37. The summed E-state index contributed by atoms with van der Waals surface area (Å²) < 4.78 is 5.27. The second-order valence-electron chi connectivity index (χ2n) is 4.53. The quantitative estimate of drug-likeness (QED) is 0.782. The summed E-state index contributed by atoms with van der Waals surface area (Å²) in [7, 11) is 0. The molecule has 1 aliphatic heterocycles. The highest BCUT2D eigenvalue weighted by atomic mass is 35.5. The van der Waals surface area contributed by atoms with E-state index in [-0.39, 0.29) is 18.2 Å². The molecule has 20 heavy (non-hydrogen) atoms. The highest BCUT2D eigenvalue weighted by Crippen LogP contribution is 2.16. The Kier molecular flexibility index (Phi) is 7.85. The van der Waals surface area contributed by atoms with E-state index in [1.54, 1.807) is 12.2 Å². The third-order valence-corrected chi connectivity index (χ3v) is 3.48. The molecule has 0 aliphatic carbocycles. The molecule has 0 bridgehead atoms. The Morgan fingerprint density at radius 3 is 2.70 bits per heavy atom. The zero-order valence-corrected chi connectivity index (χ0v) is 12.8. The van der Waals surface area contributed by atoms with Crippen LogP contribution in [0.5, 0.6) is 0 Å². The van der Waals surface area contributed by atoms with Crippen LogP contribution < -0.4 is 0 Å². The van der Waals surface area contributed by atoms with Crippen LogP contribution in [0.2, 0.25) is 5.02 Å². The summed E-state index contributed by atoms with van der Waals surface area (Å²) in [5, 5.41) is 0.666. The molecule has 0 saturated carbocycles. The maximum Gasteiger partial charge on any atom is 0.156 e. The Morgan fingerprint density at radius 2 is 2.00 bits per heavy atom. The molecule has 1 aliphatic rings. The van der Waals surface area contributed by atoms with Crippen molar-refractivity contribution in [3.63, 3.8) is 0 Å². The van der Waals surface area contributed by atoms with E-state index in [0.29, 0.717) is 11.4 Å². The van der Waals surface area contributed by atoms with Gasteiger partial charge in [-0.3, -0.25) is 9.69 Å². The lowest BCUT2D eigenvalue weighted by Gasteiger charge is -2.25. The van der Waals surface area contributed by atoms with Gasteiger partial charge in [0.15, 0.2) is 5.78 Å². The molecule has 5 heteroatoms. The fourth-order valence-electron chi connectivity index (χ4n) is 1.97. The molecule has 1 saturated heterocycles. The summed E-state index contributed by atoms with van der Waals surface area (Å²) in [6.07, 6.45) is 3.94. The van der Waals surface area contributed by atoms with Crippen molar-refractivity contribution >= 4 is 35.9 Å². The summed E-state index contributed by atoms with van der Waals surface area (Å²) in [5.41, 5.74) is 0.879. The Labute approximate surface area is 131 Å². The van der Waals surface area contributed by atoms with E-state index in [0.717, 1.165) is 38.4 Å². The highest BCUT2D eigenvalue weighted by Gasteiger charge is 2.10. The van der Waals surface area contributed by atoms with E-state index in [2.05, 4.69) is 4.90 Å². The van der Waals surface area contributed by atoms with Gasteiger partial charge in [0, 0.05) is 31.1 Å². The summed E-state index contributed by atoms with van der Waals surface area (Å²) in [6.45, 7) is 4.17. The van der Waals surface area contributed by atoms with Crippen LogP contribution >= 0.6 is 24.0 Å². The molecule has 110 valence electrons. The maximum atomic E-state index is 11.8. The van der Waals surface area contributed by atoms with Gasteiger partial charge in [0.25, 0.3) is 0 Å². The number of carbonyl (C=O) groups excluding carboxylic acids is 1. The molecule has 0 N–H and O–H groups in total. The zero-order chi connectivity index (χ0) is 13.5. The first kappa shape index (κ1) is 17.2. The second kappa shape index (κ2) is 9.14. The van der Waals surface area contributed by atoms with Crippen LogP contribution in [0.15, 0.2) is 30.3 Å². The maximum absolute atomic E-state index is 11.8.